The summed E-state index contributed by atoms with van der Waals surface area (Å²) in [5, 5.41) is 0. The Morgan fingerprint density at radius 2 is 2.11 bits per heavy atom. The number of aromatic nitrogens is 1. The second-order valence-electron chi connectivity index (χ2n) is 4.97. The van der Waals surface area contributed by atoms with Crippen LogP contribution in [0.4, 0.5) is 10.2 Å². The molecular weight excluding hydrogens is 243 g/mol. The van der Waals surface area contributed by atoms with Gasteiger partial charge in [0.1, 0.15) is 0 Å². The predicted octanol–water partition coefficient (Wildman–Crippen LogP) is 1.47. The average molecular weight is 266 g/mol. The lowest BCUT2D eigenvalue weighted by Gasteiger charge is -2.39. The maximum atomic E-state index is 13.7. The topological polar surface area (TPSA) is 45.4 Å². The van der Waals surface area contributed by atoms with Gasteiger partial charge in [0.25, 0.3) is 0 Å². The first-order valence-corrected chi connectivity index (χ1v) is 7.05. The fourth-order valence-electron chi connectivity index (χ4n) is 2.75. The molecule has 4 nitrogen and oxygen atoms in total. The van der Waals surface area contributed by atoms with E-state index >= 15 is 0 Å². The zero-order valence-electron chi connectivity index (χ0n) is 11.6. The molecule has 1 aromatic heterocycles. The summed E-state index contributed by atoms with van der Waals surface area (Å²) >= 11 is 0. The third-order valence-electron chi connectivity index (χ3n) is 3.84. The monoisotopic (exact) mass is 266 g/mol. The maximum absolute atomic E-state index is 13.7. The number of pyridine rings is 1. The van der Waals surface area contributed by atoms with Gasteiger partial charge in [0.2, 0.25) is 0 Å². The fourth-order valence-corrected chi connectivity index (χ4v) is 2.75. The second kappa shape index (κ2) is 6.82. The first-order chi connectivity index (χ1) is 9.26. The van der Waals surface area contributed by atoms with E-state index in [0.29, 0.717) is 11.9 Å². The molecule has 0 aliphatic carbocycles. The van der Waals surface area contributed by atoms with Crippen molar-refractivity contribution in [2.24, 2.45) is 5.73 Å². The minimum absolute atomic E-state index is 0.232. The average Bonchev–Trinajstić information content (AvgIpc) is 2.46. The Hall–Kier alpha value is -1.20. The highest BCUT2D eigenvalue weighted by molar-refractivity contribution is 5.40. The van der Waals surface area contributed by atoms with Crippen molar-refractivity contribution in [3.05, 3.63) is 24.1 Å². The van der Waals surface area contributed by atoms with Gasteiger partial charge >= 0.3 is 0 Å². The van der Waals surface area contributed by atoms with Crippen molar-refractivity contribution in [1.82, 2.24) is 9.88 Å². The summed E-state index contributed by atoms with van der Waals surface area (Å²) in [5.74, 6) is 0.249. The lowest BCUT2D eigenvalue weighted by atomic mass is 10.1. The molecule has 2 N–H and O–H groups in total. The van der Waals surface area contributed by atoms with E-state index in [-0.39, 0.29) is 5.82 Å². The van der Waals surface area contributed by atoms with Gasteiger partial charge in [-0.1, -0.05) is 6.92 Å². The van der Waals surface area contributed by atoms with E-state index in [4.69, 9.17) is 5.73 Å². The molecule has 0 amide bonds. The highest BCUT2D eigenvalue weighted by atomic mass is 19.1. The minimum Gasteiger partial charge on any atom is -0.352 e. The van der Waals surface area contributed by atoms with Crippen LogP contribution in [0, 0.1) is 5.82 Å². The van der Waals surface area contributed by atoms with E-state index < -0.39 is 0 Å². The van der Waals surface area contributed by atoms with E-state index in [1.54, 1.807) is 12.3 Å². The number of rotatable bonds is 5. The number of hydrogen-bond donors (Lipinski definition) is 1. The van der Waals surface area contributed by atoms with Crippen LogP contribution in [-0.2, 0) is 0 Å². The van der Waals surface area contributed by atoms with Crippen LogP contribution >= 0.6 is 0 Å². The van der Waals surface area contributed by atoms with Crippen molar-refractivity contribution < 1.29 is 4.39 Å². The fraction of sp³-hybridized carbons (Fsp3) is 0.643. The van der Waals surface area contributed by atoms with Crippen molar-refractivity contribution in [3.63, 3.8) is 0 Å². The van der Waals surface area contributed by atoms with Gasteiger partial charge < -0.3 is 10.6 Å². The largest absolute Gasteiger partial charge is 0.352 e. The molecule has 0 saturated carbocycles. The molecule has 19 heavy (non-hydrogen) atoms. The zero-order chi connectivity index (χ0) is 13.7. The molecular formula is C14H23FN4. The molecule has 0 bridgehead atoms. The quantitative estimate of drug-likeness (QED) is 0.876. The van der Waals surface area contributed by atoms with Crippen LogP contribution in [0.1, 0.15) is 19.8 Å². The Bertz CT molecular complexity index is 391. The van der Waals surface area contributed by atoms with Crippen LogP contribution in [0.2, 0.25) is 0 Å². The van der Waals surface area contributed by atoms with Gasteiger partial charge in [0.05, 0.1) is 0 Å². The number of nitrogens with zero attached hydrogens (tertiary/aromatic N) is 3. The van der Waals surface area contributed by atoms with E-state index in [2.05, 4.69) is 16.8 Å². The summed E-state index contributed by atoms with van der Waals surface area (Å²) in [4.78, 5) is 8.63. The second-order valence-corrected chi connectivity index (χ2v) is 4.97. The van der Waals surface area contributed by atoms with Crippen LogP contribution in [0.3, 0.4) is 0 Å². The summed E-state index contributed by atoms with van der Waals surface area (Å²) in [7, 11) is 0. The Morgan fingerprint density at radius 3 is 2.68 bits per heavy atom. The molecule has 0 radical (unpaired) electrons. The number of nitrogens with two attached hydrogens (primary N) is 1. The molecule has 2 rings (SSSR count). The Balaban J connectivity index is 1.94. The summed E-state index contributed by atoms with van der Waals surface area (Å²) in [6.45, 7) is 6.49. The molecule has 5 heteroatoms. The normalized spacial score (nSPS) is 18.6. The highest BCUT2D eigenvalue weighted by Crippen LogP contribution is 2.19. The maximum Gasteiger partial charge on any atom is 0.165 e. The van der Waals surface area contributed by atoms with Crippen LogP contribution in [0.15, 0.2) is 18.3 Å². The van der Waals surface area contributed by atoms with Crippen molar-refractivity contribution in [2.45, 2.75) is 25.8 Å². The van der Waals surface area contributed by atoms with E-state index in [0.717, 1.165) is 45.6 Å². The molecule has 1 aromatic rings. The molecule has 0 aromatic carbocycles. The lowest BCUT2D eigenvalue weighted by molar-refractivity contribution is 0.172. The minimum atomic E-state index is -0.232. The lowest BCUT2D eigenvalue weighted by Crippen LogP contribution is -2.51. The summed E-state index contributed by atoms with van der Waals surface area (Å²) in [5.41, 5.74) is 5.65. The van der Waals surface area contributed by atoms with Crippen LogP contribution < -0.4 is 10.6 Å². The van der Waals surface area contributed by atoms with E-state index in [1.165, 1.54) is 6.07 Å². The van der Waals surface area contributed by atoms with Crippen molar-refractivity contribution in [2.75, 3.05) is 37.6 Å². The van der Waals surface area contributed by atoms with E-state index in [1.807, 2.05) is 4.90 Å². The SMILES string of the molecule is CCC(CCN)N1CCN(c2ncccc2F)CC1. The van der Waals surface area contributed by atoms with Gasteiger partial charge in [0.15, 0.2) is 11.6 Å². The van der Waals surface area contributed by atoms with Gasteiger partial charge in [-0.15, -0.1) is 0 Å². The van der Waals surface area contributed by atoms with Crippen molar-refractivity contribution in [3.8, 4) is 0 Å². The Kier molecular flexibility index (Phi) is 5.10. The highest BCUT2D eigenvalue weighted by Gasteiger charge is 2.24. The Labute approximate surface area is 114 Å². The molecule has 1 saturated heterocycles. The van der Waals surface area contributed by atoms with Gasteiger partial charge in [0, 0.05) is 38.4 Å². The van der Waals surface area contributed by atoms with Crippen LogP contribution in [-0.4, -0.2) is 48.6 Å². The smallest absolute Gasteiger partial charge is 0.165 e. The van der Waals surface area contributed by atoms with Crippen molar-refractivity contribution in [1.29, 1.82) is 0 Å². The van der Waals surface area contributed by atoms with E-state index in [9.17, 15) is 4.39 Å². The number of hydrogen-bond acceptors (Lipinski definition) is 4. The molecule has 1 fully saturated rings. The third kappa shape index (κ3) is 3.42. The molecule has 1 aliphatic rings. The van der Waals surface area contributed by atoms with Crippen molar-refractivity contribution >= 4 is 5.82 Å². The third-order valence-corrected chi connectivity index (χ3v) is 3.84. The molecule has 1 atom stereocenters. The molecule has 0 spiro atoms. The van der Waals surface area contributed by atoms with Crippen LogP contribution in [0.5, 0.6) is 0 Å². The molecule has 1 aliphatic heterocycles. The first-order valence-electron chi connectivity index (χ1n) is 7.05. The Morgan fingerprint density at radius 1 is 1.37 bits per heavy atom. The van der Waals surface area contributed by atoms with Gasteiger partial charge in [-0.05, 0) is 31.5 Å². The molecule has 1 unspecified atom stereocenters. The predicted molar refractivity (Wildman–Crippen MR) is 75.7 cm³/mol. The van der Waals surface area contributed by atoms with Gasteiger partial charge in [-0.2, -0.15) is 0 Å². The zero-order valence-corrected chi connectivity index (χ0v) is 11.6. The van der Waals surface area contributed by atoms with Gasteiger partial charge in [-0.3, -0.25) is 4.90 Å². The summed E-state index contributed by atoms with van der Waals surface area (Å²) in [6.07, 6.45) is 3.80. The van der Waals surface area contributed by atoms with Crippen LogP contribution in [0.25, 0.3) is 0 Å². The summed E-state index contributed by atoms with van der Waals surface area (Å²) < 4.78 is 13.7. The number of halogens is 1. The molecule has 2 heterocycles. The standard InChI is InChI=1S/C14H23FN4/c1-2-12(5-6-16)18-8-10-19(11-9-18)14-13(15)4-3-7-17-14/h3-4,7,12H,2,5-6,8-11,16H2,1H3. The number of piperazine rings is 1. The number of anilines is 1. The van der Waals surface area contributed by atoms with Gasteiger partial charge in [-0.25, -0.2) is 9.37 Å². The summed E-state index contributed by atoms with van der Waals surface area (Å²) in [6, 6.07) is 3.65. The molecule has 106 valence electrons. The first kappa shape index (κ1) is 14.2.